The summed E-state index contributed by atoms with van der Waals surface area (Å²) in [6.45, 7) is 3.99. The van der Waals surface area contributed by atoms with Gasteiger partial charge >= 0.3 is 12.1 Å². The third-order valence-corrected chi connectivity index (χ3v) is 6.37. The molecule has 2 atom stereocenters. The first-order valence-corrected chi connectivity index (χ1v) is 9.28. The smallest absolute Gasteiger partial charge is 0.408 e. The van der Waals surface area contributed by atoms with Crippen molar-refractivity contribution in [3.8, 4) is 11.1 Å². The zero-order valence-corrected chi connectivity index (χ0v) is 15.5. The van der Waals surface area contributed by atoms with E-state index in [1.54, 1.807) is 0 Å². The minimum absolute atomic E-state index is 0.0410. The zero-order valence-electron chi connectivity index (χ0n) is 15.5. The van der Waals surface area contributed by atoms with Gasteiger partial charge in [0.1, 0.15) is 12.1 Å². The van der Waals surface area contributed by atoms with E-state index in [9.17, 15) is 14.7 Å². The number of amides is 1. The molecule has 0 radical (unpaired) electrons. The fraction of sp³-hybridized carbons (Fsp3) is 0.364. The van der Waals surface area contributed by atoms with Gasteiger partial charge in [-0.1, -0.05) is 62.4 Å². The molecule has 5 heteroatoms. The Morgan fingerprint density at radius 2 is 1.67 bits per heavy atom. The Hall–Kier alpha value is -2.82. The Labute approximate surface area is 158 Å². The van der Waals surface area contributed by atoms with Gasteiger partial charge in [-0.3, -0.25) is 0 Å². The van der Waals surface area contributed by atoms with Crippen molar-refractivity contribution in [2.24, 2.45) is 5.41 Å². The lowest BCUT2D eigenvalue weighted by Crippen LogP contribution is -2.47. The summed E-state index contributed by atoms with van der Waals surface area (Å²) >= 11 is 0. The number of hydrogen-bond donors (Lipinski definition) is 2. The summed E-state index contributed by atoms with van der Waals surface area (Å²) in [7, 11) is 0. The van der Waals surface area contributed by atoms with Crippen molar-refractivity contribution < 1.29 is 19.4 Å². The molecule has 0 heterocycles. The van der Waals surface area contributed by atoms with Gasteiger partial charge in [-0.15, -0.1) is 0 Å². The predicted octanol–water partition coefficient (Wildman–Crippen LogP) is 4.17. The highest BCUT2D eigenvalue weighted by atomic mass is 16.5. The molecule has 1 amide bonds. The average molecular weight is 365 g/mol. The van der Waals surface area contributed by atoms with Gasteiger partial charge in [-0.2, -0.15) is 0 Å². The van der Waals surface area contributed by atoms with E-state index in [1.165, 1.54) is 0 Å². The van der Waals surface area contributed by atoms with Crippen LogP contribution in [0, 0.1) is 5.41 Å². The molecule has 0 aliphatic heterocycles. The second kappa shape index (κ2) is 6.12. The summed E-state index contributed by atoms with van der Waals surface area (Å²) in [6.07, 6.45) is 0.440. The Balaban J connectivity index is 1.50. The number of carbonyl (C=O) groups is 2. The zero-order chi connectivity index (χ0) is 19.2. The molecule has 2 N–H and O–H groups in total. The molecule has 0 spiro atoms. The molecule has 0 aromatic heterocycles. The van der Waals surface area contributed by atoms with Crippen LogP contribution in [-0.2, 0) is 9.53 Å². The SMILES string of the molecule is CC[C@@]1(C)C[C@]1(NC(=O)OCC1c2ccccc2-c2ccccc21)C(=O)O. The Bertz CT molecular complexity index is 879. The van der Waals surface area contributed by atoms with E-state index >= 15 is 0 Å². The number of aliphatic carboxylic acids is 1. The molecule has 0 bridgehead atoms. The molecule has 4 rings (SSSR count). The Morgan fingerprint density at radius 1 is 1.11 bits per heavy atom. The number of nitrogens with one attached hydrogen (secondary N) is 1. The molecule has 1 fully saturated rings. The topological polar surface area (TPSA) is 75.6 Å². The predicted molar refractivity (Wildman–Crippen MR) is 102 cm³/mol. The van der Waals surface area contributed by atoms with Crippen LogP contribution in [0.5, 0.6) is 0 Å². The molecule has 5 nitrogen and oxygen atoms in total. The van der Waals surface area contributed by atoms with E-state index in [1.807, 2.05) is 38.1 Å². The number of carbonyl (C=O) groups excluding carboxylic acids is 1. The minimum Gasteiger partial charge on any atom is -0.479 e. The van der Waals surface area contributed by atoms with Crippen molar-refractivity contribution in [2.45, 2.75) is 38.1 Å². The lowest BCUT2D eigenvalue weighted by molar-refractivity contribution is -0.141. The number of fused-ring (bicyclic) bond motifs is 3. The van der Waals surface area contributed by atoms with E-state index in [0.717, 1.165) is 22.3 Å². The summed E-state index contributed by atoms with van der Waals surface area (Å²) in [4.78, 5) is 24.1. The fourth-order valence-corrected chi connectivity index (χ4v) is 4.36. The highest BCUT2D eigenvalue weighted by Gasteiger charge is 2.70. The molecule has 2 aromatic rings. The largest absolute Gasteiger partial charge is 0.479 e. The number of hydrogen-bond acceptors (Lipinski definition) is 3. The van der Waals surface area contributed by atoms with Crippen LogP contribution in [-0.4, -0.2) is 29.3 Å². The molecule has 2 aliphatic rings. The summed E-state index contributed by atoms with van der Waals surface area (Å²) in [5.41, 5.74) is 2.93. The molecular formula is C22H23NO4. The van der Waals surface area contributed by atoms with Crippen LogP contribution in [0.2, 0.25) is 0 Å². The van der Waals surface area contributed by atoms with E-state index in [4.69, 9.17) is 4.74 Å². The summed E-state index contributed by atoms with van der Waals surface area (Å²) in [5, 5.41) is 12.2. The van der Waals surface area contributed by atoms with E-state index in [2.05, 4.69) is 29.6 Å². The molecule has 27 heavy (non-hydrogen) atoms. The van der Waals surface area contributed by atoms with Gasteiger partial charge in [0.2, 0.25) is 0 Å². The number of benzene rings is 2. The van der Waals surface area contributed by atoms with Gasteiger partial charge in [0.25, 0.3) is 0 Å². The van der Waals surface area contributed by atoms with Gasteiger partial charge in [-0.05, 0) is 35.1 Å². The highest BCUT2D eigenvalue weighted by molar-refractivity contribution is 5.89. The van der Waals surface area contributed by atoms with Gasteiger partial charge in [0, 0.05) is 11.3 Å². The van der Waals surface area contributed by atoms with E-state index in [-0.39, 0.29) is 12.5 Å². The number of rotatable bonds is 5. The molecule has 2 aliphatic carbocycles. The second-order valence-electron chi connectivity index (χ2n) is 7.75. The normalized spacial score (nSPS) is 25.4. The molecule has 2 aromatic carbocycles. The number of carboxylic acids is 1. The van der Waals surface area contributed by atoms with Crippen molar-refractivity contribution in [1.29, 1.82) is 0 Å². The van der Waals surface area contributed by atoms with Crippen LogP contribution in [0.3, 0.4) is 0 Å². The summed E-state index contributed by atoms with van der Waals surface area (Å²) < 4.78 is 5.49. The van der Waals surface area contributed by atoms with Gasteiger partial charge < -0.3 is 15.2 Å². The number of ether oxygens (including phenoxy) is 1. The van der Waals surface area contributed by atoms with Gasteiger partial charge in [-0.25, -0.2) is 9.59 Å². The van der Waals surface area contributed by atoms with Crippen molar-refractivity contribution in [3.63, 3.8) is 0 Å². The van der Waals surface area contributed by atoms with Crippen LogP contribution in [0.4, 0.5) is 4.79 Å². The van der Waals surface area contributed by atoms with Gasteiger partial charge in [0.05, 0.1) is 0 Å². The second-order valence-corrected chi connectivity index (χ2v) is 7.75. The first-order chi connectivity index (χ1) is 12.9. The van der Waals surface area contributed by atoms with Crippen molar-refractivity contribution in [1.82, 2.24) is 5.32 Å². The van der Waals surface area contributed by atoms with Gasteiger partial charge in [0.15, 0.2) is 0 Å². The molecule has 1 saturated carbocycles. The lowest BCUT2D eigenvalue weighted by atomic mass is 9.98. The standard InChI is InChI=1S/C22H23NO4/c1-3-21(2)13-22(21,19(24)25)23-20(26)27-12-18-16-10-6-4-8-14(16)15-9-5-7-11-17(15)18/h4-11,18H,3,12-13H2,1-2H3,(H,23,26)(H,24,25)/t21-,22-/m0/s1. The molecular weight excluding hydrogens is 342 g/mol. The monoisotopic (exact) mass is 365 g/mol. The Kier molecular flexibility index (Phi) is 3.98. The lowest BCUT2D eigenvalue weighted by Gasteiger charge is -2.20. The number of alkyl carbamates (subject to hydrolysis) is 1. The Morgan fingerprint density at radius 3 is 2.15 bits per heavy atom. The van der Waals surface area contributed by atoms with E-state index in [0.29, 0.717) is 12.8 Å². The first kappa shape index (κ1) is 17.6. The van der Waals surface area contributed by atoms with Crippen LogP contribution in [0.1, 0.15) is 43.7 Å². The van der Waals surface area contributed by atoms with E-state index < -0.39 is 23.0 Å². The minimum atomic E-state index is -1.22. The van der Waals surface area contributed by atoms with Crippen LogP contribution in [0.15, 0.2) is 48.5 Å². The average Bonchev–Trinajstić information content (AvgIpc) is 3.15. The maximum absolute atomic E-state index is 12.4. The van der Waals surface area contributed by atoms with Crippen LogP contribution >= 0.6 is 0 Å². The third-order valence-electron chi connectivity index (χ3n) is 6.37. The molecule has 140 valence electrons. The van der Waals surface area contributed by atoms with Crippen molar-refractivity contribution in [2.75, 3.05) is 6.61 Å². The highest BCUT2D eigenvalue weighted by Crippen LogP contribution is 2.58. The third kappa shape index (κ3) is 2.60. The van der Waals surface area contributed by atoms with Crippen LogP contribution < -0.4 is 5.32 Å². The summed E-state index contributed by atoms with van der Waals surface area (Å²) in [6, 6.07) is 16.2. The fourth-order valence-electron chi connectivity index (χ4n) is 4.36. The van der Waals surface area contributed by atoms with Crippen molar-refractivity contribution >= 4 is 12.1 Å². The first-order valence-electron chi connectivity index (χ1n) is 9.28. The molecule has 0 saturated heterocycles. The molecule has 0 unspecified atom stereocenters. The summed E-state index contributed by atoms with van der Waals surface area (Å²) in [5.74, 6) is -1.04. The maximum Gasteiger partial charge on any atom is 0.408 e. The maximum atomic E-state index is 12.4. The quantitative estimate of drug-likeness (QED) is 0.834. The van der Waals surface area contributed by atoms with Crippen molar-refractivity contribution in [3.05, 3.63) is 59.7 Å². The number of carboxylic acid groups (broad SMARTS) is 1. The van der Waals surface area contributed by atoms with Crippen LogP contribution in [0.25, 0.3) is 11.1 Å².